The molecule has 1 unspecified atom stereocenters. The summed E-state index contributed by atoms with van der Waals surface area (Å²) in [5.41, 5.74) is 0. The molecule has 0 aliphatic carbocycles. The summed E-state index contributed by atoms with van der Waals surface area (Å²) >= 11 is 0. The van der Waals surface area contributed by atoms with E-state index in [1.807, 2.05) is 0 Å². The van der Waals surface area contributed by atoms with E-state index in [-0.39, 0.29) is 6.54 Å². The van der Waals surface area contributed by atoms with Crippen molar-refractivity contribution in [3.05, 3.63) is 11.9 Å². The lowest BCUT2D eigenvalue weighted by Gasteiger charge is -2.26. The third kappa shape index (κ3) is 2.31. The number of aliphatic hydroxyl groups is 1. The van der Waals surface area contributed by atoms with Crippen molar-refractivity contribution in [2.24, 2.45) is 0 Å². The van der Waals surface area contributed by atoms with Crippen molar-refractivity contribution < 1.29 is 17.9 Å². The molecule has 0 spiro atoms. The average molecular weight is 223 g/mol. The van der Waals surface area contributed by atoms with Crippen LogP contribution in [0.1, 0.15) is 13.3 Å². The summed E-state index contributed by atoms with van der Waals surface area (Å²) in [7, 11) is -3.54. The molecule has 1 aliphatic heterocycles. The van der Waals surface area contributed by atoms with Crippen molar-refractivity contribution in [3.8, 4) is 0 Å². The second-order valence-corrected chi connectivity index (χ2v) is 5.66. The second kappa shape index (κ2) is 4.37. The molecule has 1 N–H and O–H groups in total. The van der Waals surface area contributed by atoms with Gasteiger partial charge in [0.05, 0.1) is 18.4 Å². The summed E-state index contributed by atoms with van der Waals surface area (Å²) < 4.78 is 37.2. The molecule has 14 heavy (non-hydrogen) atoms. The van der Waals surface area contributed by atoms with Gasteiger partial charge in [-0.15, -0.1) is 0 Å². The zero-order valence-corrected chi connectivity index (χ0v) is 8.80. The van der Waals surface area contributed by atoms with E-state index < -0.39 is 27.7 Å². The highest BCUT2D eigenvalue weighted by Gasteiger charge is 2.29. The van der Waals surface area contributed by atoms with Crippen molar-refractivity contribution in [3.63, 3.8) is 0 Å². The van der Waals surface area contributed by atoms with Gasteiger partial charge in [-0.05, 0) is 13.3 Å². The normalized spacial score (nSPS) is 21.8. The zero-order valence-electron chi connectivity index (χ0n) is 7.98. The van der Waals surface area contributed by atoms with Gasteiger partial charge in [-0.25, -0.2) is 12.8 Å². The molecule has 0 aromatic rings. The molecule has 0 saturated heterocycles. The number of hydrogen-bond donors (Lipinski definition) is 1. The van der Waals surface area contributed by atoms with Gasteiger partial charge in [0, 0.05) is 6.54 Å². The number of sulfonamides is 1. The molecule has 1 heterocycles. The first-order valence-electron chi connectivity index (χ1n) is 4.43. The minimum Gasteiger partial charge on any atom is -0.395 e. The summed E-state index contributed by atoms with van der Waals surface area (Å²) in [6.07, 6.45) is 1.78. The average Bonchev–Trinajstić information content (AvgIpc) is 2.16. The maximum Gasteiger partial charge on any atom is 0.219 e. The number of hydrogen-bond acceptors (Lipinski definition) is 3. The molecule has 0 saturated carbocycles. The van der Waals surface area contributed by atoms with E-state index in [2.05, 4.69) is 0 Å². The van der Waals surface area contributed by atoms with Gasteiger partial charge in [-0.1, -0.05) is 6.08 Å². The quantitative estimate of drug-likeness (QED) is 0.746. The van der Waals surface area contributed by atoms with E-state index >= 15 is 0 Å². The third-order valence-electron chi connectivity index (χ3n) is 2.20. The maximum absolute atomic E-state index is 12.8. The Balaban J connectivity index is 2.79. The molecule has 82 valence electrons. The second-order valence-electron chi connectivity index (χ2n) is 3.31. The third-order valence-corrected chi connectivity index (χ3v) is 4.39. The highest BCUT2D eigenvalue weighted by molar-refractivity contribution is 7.89. The van der Waals surface area contributed by atoms with Crippen LogP contribution < -0.4 is 0 Å². The monoisotopic (exact) mass is 223 g/mol. The number of halogens is 1. The smallest absolute Gasteiger partial charge is 0.219 e. The van der Waals surface area contributed by atoms with E-state index in [1.54, 1.807) is 0 Å². The van der Waals surface area contributed by atoms with Gasteiger partial charge < -0.3 is 5.11 Å². The summed E-state index contributed by atoms with van der Waals surface area (Å²) in [5, 5.41) is 7.89. The van der Waals surface area contributed by atoms with Crippen molar-refractivity contribution in [1.29, 1.82) is 0 Å². The summed E-state index contributed by atoms with van der Waals surface area (Å²) in [6.45, 7) is 1.06. The van der Waals surface area contributed by atoms with E-state index in [4.69, 9.17) is 5.11 Å². The van der Waals surface area contributed by atoms with Crippen LogP contribution in [0, 0.1) is 0 Å². The van der Waals surface area contributed by atoms with Crippen LogP contribution in [0.3, 0.4) is 0 Å². The van der Waals surface area contributed by atoms with E-state index in [0.29, 0.717) is 13.0 Å². The van der Waals surface area contributed by atoms with Crippen molar-refractivity contribution in [1.82, 2.24) is 4.31 Å². The molecule has 6 heteroatoms. The van der Waals surface area contributed by atoms with Crippen LogP contribution in [0.2, 0.25) is 0 Å². The largest absolute Gasteiger partial charge is 0.395 e. The Hall–Kier alpha value is -0.460. The van der Waals surface area contributed by atoms with Crippen LogP contribution in [0.25, 0.3) is 0 Å². The van der Waals surface area contributed by atoms with Gasteiger partial charge in [0.1, 0.15) is 5.83 Å². The summed E-state index contributed by atoms with van der Waals surface area (Å²) in [6, 6.07) is 0. The lowest BCUT2D eigenvalue weighted by molar-refractivity contribution is 0.287. The van der Waals surface area contributed by atoms with E-state index in [0.717, 1.165) is 4.31 Å². The molecule has 1 atom stereocenters. The molecule has 0 radical (unpaired) electrons. The molecule has 0 aromatic carbocycles. The summed E-state index contributed by atoms with van der Waals surface area (Å²) in [5.74, 6) is -0.426. The van der Waals surface area contributed by atoms with Crippen molar-refractivity contribution in [2.45, 2.75) is 18.6 Å². The zero-order chi connectivity index (χ0) is 10.8. The van der Waals surface area contributed by atoms with Crippen LogP contribution in [-0.4, -0.2) is 42.8 Å². The molecule has 1 aliphatic rings. The van der Waals surface area contributed by atoms with Gasteiger partial charge in [0.25, 0.3) is 0 Å². The Bertz CT molecular complexity index is 325. The molecule has 0 aromatic heterocycles. The van der Waals surface area contributed by atoms with Gasteiger partial charge in [0.2, 0.25) is 10.0 Å². The molecule has 0 amide bonds. The molecule has 4 nitrogen and oxygen atoms in total. The Kier molecular flexibility index (Phi) is 3.63. The standard InChI is InChI=1S/C8H14FNO3S/c1-7(6-11)14(12,13)10-4-2-3-8(9)5-10/h3,7,11H,2,4-6H2,1H3. The minimum atomic E-state index is -3.54. The SMILES string of the molecule is CC(CO)S(=O)(=O)N1CCC=C(F)C1. The molecule has 1 rings (SSSR count). The fraction of sp³-hybridized carbons (Fsp3) is 0.750. The van der Waals surface area contributed by atoms with Crippen LogP contribution in [0.4, 0.5) is 4.39 Å². The van der Waals surface area contributed by atoms with Gasteiger partial charge in [-0.3, -0.25) is 0 Å². The topological polar surface area (TPSA) is 57.6 Å². The number of nitrogens with zero attached hydrogens (tertiary/aromatic N) is 1. The Labute approximate surface area is 83.1 Å². The van der Waals surface area contributed by atoms with Gasteiger partial charge >= 0.3 is 0 Å². The highest BCUT2D eigenvalue weighted by atomic mass is 32.2. The van der Waals surface area contributed by atoms with Crippen molar-refractivity contribution >= 4 is 10.0 Å². The van der Waals surface area contributed by atoms with Gasteiger partial charge in [0.15, 0.2) is 0 Å². The summed E-state index contributed by atoms with van der Waals surface area (Å²) in [4.78, 5) is 0. The minimum absolute atomic E-state index is 0.202. The molecular weight excluding hydrogens is 209 g/mol. The molecule has 0 fully saturated rings. The van der Waals surface area contributed by atoms with Crippen molar-refractivity contribution in [2.75, 3.05) is 19.7 Å². The van der Waals surface area contributed by atoms with Crippen LogP contribution >= 0.6 is 0 Å². The van der Waals surface area contributed by atoms with Crippen LogP contribution in [0.5, 0.6) is 0 Å². The highest BCUT2D eigenvalue weighted by Crippen LogP contribution is 2.17. The molecular formula is C8H14FNO3S. The maximum atomic E-state index is 12.8. The first kappa shape index (κ1) is 11.6. The number of aliphatic hydroxyl groups excluding tert-OH is 1. The Morgan fingerprint density at radius 3 is 2.86 bits per heavy atom. The van der Waals surface area contributed by atoms with Gasteiger partial charge in [-0.2, -0.15) is 4.31 Å². The fourth-order valence-corrected chi connectivity index (χ4v) is 2.60. The first-order chi connectivity index (χ1) is 6.48. The number of rotatable bonds is 3. The Morgan fingerprint density at radius 1 is 1.71 bits per heavy atom. The van der Waals surface area contributed by atoms with E-state index in [9.17, 15) is 12.8 Å². The molecule has 0 bridgehead atoms. The van der Waals surface area contributed by atoms with Crippen LogP contribution in [0.15, 0.2) is 11.9 Å². The predicted molar refractivity (Wildman–Crippen MR) is 50.8 cm³/mol. The lowest BCUT2D eigenvalue weighted by Crippen LogP contribution is -2.41. The fourth-order valence-electron chi connectivity index (χ4n) is 1.24. The first-order valence-corrected chi connectivity index (χ1v) is 5.93. The Morgan fingerprint density at radius 2 is 2.36 bits per heavy atom. The van der Waals surface area contributed by atoms with Crippen LogP contribution in [-0.2, 0) is 10.0 Å². The lowest BCUT2D eigenvalue weighted by atomic mass is 10.3. The van der Waals surface area contributed by atoms with E-state index in [1.165, 1.54) is 13.0 Å². The predicted octanol–water partition coefficient (Wildman–Crippen LogP) is 0.256.